The number of aryl methyl sites for hydroxylation is 1. The lowest BCUT2D eigenvalue weighted by Crippen LogP contribution is -2.49. The van der Waals surface area contributed by atoms with Crippen molar-refractivity contribution in [1.29, 1.82) is 0 Å². The van der Waals surface area contributed by atoms with Crippen LogP contribution in [0.1, 0.15) is 30.2 Å². The van der Waals surface area contributed by atoms with Gasteiger partial charge in [0.25, 0.3) is 5.91 Å². The predicted molar refractivity (Wildman–Crippen MR) is 100 cm³/mol. The van der Waals surface area contributed by atoms with E-state index in [1.54, 1.807) is 30.0 Å². The van der Waals surface area contributed by atoms with E-state index < -0.39 is 0 Å². The molecule has 7 heteroatoms. The Labute approximate surface area is 153 Å². The summed E-state index contributed by atoms with van der Waals surface area (Å²) in [5.74, 6) is 0.864. The fourth-order valence-corrected chi connectivity index (χ4v) is 3.07. The number of hydrogen-bond acceptors (Lipinski definition) is 5. The smallest absolute Gasteiger partial charge is 0.272 e. The molecule has 0 atom stereocenters. The van der Waals surface area contributed by atoms with E-state index in [-0.39, 0.29) is 17.8 Å². The maximum Gasteiger partial charge on any atom is 0.272 e. The third-order valence-corrected chi connectivity index (χ3v) is 4.25. The van der Waals surface area contributed by atoms with Gasteiger partial charge < -0.3 is 15.1 Å². The van der Waals surface area contributed by atoms with Gasteiger partial charge in [0.05, 0.1) is 5.69 Å². The summed E-state index contributed by atoms with van der Waals surface area (Å²) in [7, 11) is 0. The maximum absolute atomic E-state index is 13.9. The van der Waals surface area contributed by atoms with E-state index in [0.717, 1.165) is 0 Å². The van der Waals surface area contributed by atoms with Crippen molar-refractivity contribution in [3.05, 3.63) is 47.7 Å². The Balaban J connectivity index is 1.69. The number of nitrogens with one attached hydrogen (secondary N) is 1. The first-order valence-corrected chi connectivity index (χ1v) is 8.85. The molecule has 1 fully saturated rings. The van der Waals surface area contributed by atoms with Crippen LogP contribution in [0.4, 0.5) is 15.9 Å². The number of benzene rings is 1. The van der Waals surface area contributed by atoms with Crippen molar-refractivity contribution >= 4 is 17.4 Å². The van der Waals surface area contributed by atoms with Crippen molar-refractivity contribution in [2.45, 2.75) is 26.8 Å². The summed E-state index contributed by atoms with van der Waals surface area (Å²) < 4.78 is 13.9. The number of carbonyl (C=O) groups excluding carboxylic acids is 1. The molecule has 0 bridgehead atoms. The summed E-state index contributed by atoms with van der Waals surface area (Å²) in [5.41, 5.74) is 0.973. The first kappa shape index (κ1) is 18.1. The normalized spacial score (nSPS) is 14.7. The van der Waals surface area contributed by atoms with E-state index in [2.05, 4.69) is 15.3 Å². The van der Waals surface area contributed by atoms with Crippen LogP contribution in [0, 0.1) is 12.7 Å². The van der Waals surface area contributed by atoms with E-state index in [4.69, 9.17) is 0 Å². The molecule has 6 nitrogen and oxygen atoms in total. The predicted octanol–water partition coefficient (Wildman–Crippen LogP) is 2.71. The summed E-state index contributed by atoms with van der Waals surface area (Å²) in [6.45, 7) is 8.05. The maximum atomic E-state index is 13.9. The molecule has 1 amide bonds. The van der Waals surface area contributed by atoms with Gasteiger partial charge in [-0.3, -0.25) is 4.79 Å². The summed E-state index contributed by atoms with van der Waals surface area (Å²) in [6, 6.07) is 8.64. The van der Waals surface area contributed by atoms with E-state index >= 15 is 0 Å². The average molecular weight is 357 g/mol. The van der Waals surface area contributed by atoms with Gasteiger partial charge in [-0.1, -0.05) is 12.1 Å². The molecule has 0 aliphatic carbocycles. The molecule has 1 saturated heterocycles. The van der Waals surface area contributed by atoms with Crippen molar-refractivity contribution < 1.29 is 9.18 Å². The molecule has 0 spiro atoms. The fraction of sp³-hybridized carbons (Fsp3) is 0.421. The van der Waals surface area contributed by atoms with Crippen LogP contribution >= 0.6 is 0 Å². The number of amides is 1. The third kappa shape index (κ3) is 4.09. The Morgan fingerprint density at radius 2 is 1.85 bits per heavy atom. The molecule has 1 aliphatic rings. The van der Waals surface area contributed by atoms with Gasteiger partial charge in [0, 0.05) is 38.3 Å². The molecule has 2 heterocycles. The van der Waals surface area contributed by atoms with Crippen LogP contribution in [-0.2, 0) is 0 Å². The van der Waals surface area contributed by atoms with Crippen LogP contribution in [0.25, 0.3) is 0 Å². The van der Waals surface area contributed by atoms with Gasteiger partial charge in [-0.25, -0.2) is 14.4 Å². The van der Waals surface area contributed by atoms with Gasteiger partial charge in [-0.2, -0.15) is 0 Å². The number of aromatic nitrogens is 2. The quantitative estimate of drug-likeness (QED) is 0.912. The minimum absolute atomic E-state index is 0.115. The molecule has 2 aromatic rings. The Bertz CT molecular complexity index is 787. The Morgan fingerprint density at radius 1 is 1.15 bits per heavy atom. The lowest BCUT2D eigenvalue weighted by molar-refractivity contribution is 0.0740. The summed E-state index contributed by atoms with van der Waals surface area (Å²) >= 11 is 0. The van der Waals surface area contributed by atoms with E-state index in [1.165, 1.54) is 6.07 Å². The zero-order valence-electron chi connectivity index (χ0n) is 15.4. The molecule has 0 radical (unpaired) electrons. The highest BCUT2D eigenvalue weighted by Gasteiger charge is 2.25. The van der Waals surface area contributed by atoms with Crippen LogP contribution < -0.4 is 10.2 Å². The van der Waals surface area contributed by atoms with Crippen molar-refractivity contribution in [3.8, 4) is 0 Å². The lowest BCUT2D eigenvalue weighted by atomic mass is 10.2. The first-order chi connectivity index (χ1) is 12.4. The third-order valence-electron chi connectivity index (χ3n) is 4.25. The summed E-state index contributed by atoms with van der Waals surface area (Å²) in [6.07, 6.45) is 0. The monoisotopic (exact) mass is 357 g/mol. The van der Waals surface area contributed by atoms with Crippen molar-refractivity contribution in [3.63, 3.8) is 0 Å². The molecule has 1 aliphatic heterocycles. The lowest BCUT2D eigenvalue weighted by Gasteiger charge is -2.36. The molecule has 0 saturated carbocycles. The van der Waals surface area contributed by atoms with E-state index in [1.807, 2.05) is 24.8 Å². The summed E-state index contributed by atoms with van der Waals surface area (Å²) in [5, 5.41) is 3.21. The highest BCUT2D eigenvalue weighted by atomic mass is 19.1. The summed E-state index contributed by atoms with van der Waals surface area (Å²) in [4.78, 5) is 25.2. The van der Waals surface area contributed by atoms with E-state index in [0.29, 0.717) is 49.2 Å². The zero-order chi connectivity index (χ0) is 18.7. The van der Waals surface area contributed by atoms with Crippen LogP contribution in [0.5, 0.6) is 0 Å². The molecule has 0 unspecified atom stereocenters. The number of halogens is 1. The molecular weight excluding hydrogens is 333 g/mol. The van der Waals surface area contributed by atoms with Crippen LogP contribution in [0.15, 0.2) is 30.3 Å². The number of rotatable bonds is 4. The molecule has 3 rings (SSSR count). The van der Waals surface area contributed by atoms with Crippen molar-refractivity contribution in [1.82, 2.24) is 14.9 Å². The van der Waals surface area contributed by atoms with Gasteiger partial charge in [-0.05, 0) is 32.9 Å². The van der Waals surface area contributed by atoms with Gasteiger partial charge in [-0.15, -0.1) is 0 Å². The van der Waals surface area contributed by atoms with Gasteiger partial charge in [0.2, 0.25) is 0 Å². The van der Waals surface area contributed by atoms with Crippen molar-refractivity contribution in [2.75, 3.05) is 36.4 Å². The van der Waals surface area contributed by atoms with E-state index in [9.17, 15) is 9.18 Å². The number of anilines is 2. The second-order valence-electron chi connectivity index (χ2n) is 6.72. The van der Waals surface area contributed by atoms with Crippen LogP contribution in [-0.4, -0.2) is 53.0 Å². The average Bonchev–Trinajstić information content (AvgIpc) is 2.60. The van der Waals surface area contributed by atoms with Crippen molar-refractivity contribution in [2.24, 2.45) is 0 Å². The van der Waals surface area contributed by atoms with Crippen LogP contribution in [0.2, 0.25) is 0 Å². The molecule has 26 heavy (non-hydrogen) atoms. The number of nitrogens with zero attached hydrogens (tertiary/aromatic N) is 4. The number of hydrogen-bond donors (Lipinski definition) is 1. The Kier molecular flexibility index (Phi) is 5.35. The van der Waals surface area contributed by atoms with Gasteiger partial charge in [0.15, 0.2) is 0 Å². The topological polar surface area (TPSA) is 61.4 Å². The molecular formula is C19H24FN5O. The zero-order valence-corrected chi connectivity index (χ0v) is 15.4. The molecule has 1 aromatic carbocycles. The SMILES string of the molecule is Cc1nc(NC(C)C)cc(C(=O)N2CCN(c3ccccc3F)CC2)n1. The Hall–Kier alpha value is -2.70. The van der Waals surface area contributed by atoms with Crippen LogP contribution in [0.3, 0.4) is 0 Å². The molecule has 1 aromatic heterocycles. The Morgan fingerprint density at radius 3 is 2.50 bits per heavy atom. The van der Waals surface area contributed by atoms with Gasteiger partial charge in [0.1, 0.15) is 23.2 Å². The highest BCUT2D eigenvalue weighted by molar-refractivity contribution is 5.93. The highest BCUT2D eigenvalue weighted by Crippen LogP contribution is 2.21. The first-order valence-electron chi connectivity index (χ1n) is 8.85. The second-order valence-corrected chi connectivity index (χ2v) is 6.72. The minimum atomic E-state index is -0.233. The molecule has 138 valence electrons. The fourth-order valence-electron chi connectivity index (χ4n) is 3.07. The van der Waals surface area contributed by atoms with Gasteiger partial charge >= 0.3 is 0 Å². The number of carbonyl (C=O) groups is 1. The number of piperazine rings is 1. The second kappa shape index (κ2) is 7.68. The number of para-hydroxylation sites is 1. The minimum Gasteiger partial charge on any atom is -0.368 e. The standard InChI is InChI=1S/C19H24FN5O/c1-13(2)21-18-12-16(22-14(3)23-18)19(26)25-10-8-24(9-11-25)17-7-5-4-6-15(17)20/h4-7,12-13H,8-11H2,1-3H3,(H,21,22,23). The molecule has 1 N–H and O–H groups in total. The largest absolute Gasteiger partial charge is 0.368 e.